The summed E-state index contributed by atoms with van der Waals surface area (Å²) in [5.74, 6) is 0.268. The highest BCUT2D eigenvalue weighted by Gasteiger charge is 2.46. The van der Waals surface area contributed by atoms with Crippen molar-refractivity contribution in [1.29, 1.82) is 0 Å². The fourth-order valence-corrected chi connectivity index (χ4v) is 1.63. The van der Waals surface area contributed by atoms with E-state index in [1.54, 1.807) is 18.2 Å². The number of sulfonamides is 1. The first-order chi connectivity index (χ1) is 7.72. The Morgan fingerprint density at radius 2 is 1.76 bits per heavy atom. The summed E-state index contributed by atoms with van der Waals surface area (Å²) in [5.41, 5.74) is -5.35. The standard InChI is InChI=1S/C9H10F3NO3S/c1-7(13-17(14,15)9(10,11)12)16-8-5-3-2-4-6-8/h2-7,13H,1H3. The smallest absolute Gasteiger partial charge is 0.475 e. The largest absolute Gasteiger partial charge is 0.511 e. The van der Waals surface area contributed by atoms with E-state index in [2.05, 4.69) is 0 Å². The number of rotatable bonds is 4. The van der Waals surface area contributed by atoms with Gasteiger partial charge in [-0.15, -0.1) is 0 Å². The van der Waals surface area contributed by atoms with Crippen LogP contribution in [0.2, 0.25) is 0 Å². The Morgan fingerprint density at radius 1 is 1.24 bits per heavy atom. The van der Waals surface area contributed by atoms with Gasteiger partial charge in [0.25, 0.3) is 0 Å². The van der Waals surface area contributed by atoms with E-state index in [0.29, 0.717) is 0 Å². The Bertz CT molecular complexity index is 458. The van der Waals surface area contributed by atoms with E-state index in [1.165, 1.54) is 16.9 Å². The van der Waals surface area contributed by atoms with Crippen molar-refractivity contribution in [2.24, 2.45) is 0 Å². The summed E-state index contributed by atoms with van der Waals surface area (Å²) in [5, 5.41) is 0. The second kappa shape index (κ2) is 4.92. The van der Waals surface area contributed by atoms with E-state index in [0.717, 1.165) is 6.92 Å². The monoisotopic (exact) mass is 269 g/mol. The van der Waals surface area contributed by atoms with Crippen molar-refractivity contribution in [2.45, 2.75) is 18.7 Å². The van der Waals surface area contributed by atoms with Crippen molar-refractivity contribution in [2.75, 3.05) is 0 Å². The third-order valence-electron chi connectivity index (χ3n) is 1.68. The van der Waals surface area contributed by atoms with Gasteiger partial charge in [0.2, 0.25) is 0 Å². The molecule has 0 amide bonds. The summed E-state index contributed by atoms with van der Waals surface area (Å²) in [6, 6.07) is 7.91. The molecule has 1 aromatic carbocycles. The molecule has 4 nitrogen and oxygen atoms in total. The van der Waals surface area contributed by atoms with E-state index < -0.39 is 21.8 Å². The van der Waals surface area contributed by atoms with Crippen molar-refractivity contribution in [1.82, 2.24) is 4.72 Å². The molecular formula is C9H10F3NO3S. The Labute approximate surface area is 96.4 Å². The topological polar surface area (TPSA) is 55.4 Å². The van der Waals surface area contributed by atoms with Crippen LogP contribution < -0.4 is 9.46 Å². The molecule has 0 spiro atoms. The quantitative estimate of drug-likeness (QED) is 0.849. The molecule has 8 heteroatoms. The molecule has 0 radical (unpaired) electrons. The molecule has 1 N–H and O–H groups in total. The molecule has 0 aliphatic rings. The number of hydrogen-bond acceptors (Lipinski definition) is 3. The van der Waals surface area contributed by atoms with Gasteiger partial charge in [0.05, 0.1) is 0 Å². The Morgan fingerprint density at radius 3 is 2.24 bits per heavy atom. The van der Waals surface area contributed by atoms with Crippen molar-refractivity contribution in [3.63, 3.8) is 0 Å². The van der Waals surface area contributed by atoms with Crippen LogP contribution in [0.25, 0.3) is 0 Å². The number of alkyl halides is 3. The number of nitrogens with one attached hydrogen (secondary N) is 1. The highest BCUT2D eigenvalue weighted by atomic mass is 32.2. The summed E-state index contributed by atoms with van der Waals surface area (Å²) >= 11 is 0. The number of para-hydroxylation sites is 1. The van der Waals surface area contributed by atoms with Crippen LogP contribution in [0.1, 0.15) is 6.92 Å². The Kier molecular flexibility index (Phi) is 3.99. The zero-order valence-corrected chi connectivity index (χ0v) is 9.55. The van der Waals surface area contributed by atoms with Crippen LogP contribution in [0.3, 0.4) is 0 Å². The van der Waals surface area contributed by atoms with Gasteiger partial charge < -0.3 is 4.74 Å². The Balaban J connectivity index is 2.66. The first-order valence-corrected chi connectivity index (χ1v) is 6.01. The van der Waals surface area contributed by atoms with E-state index >= 15 is 0 Å². The summed E-state index contributed by atoms with van der Waals surface area (Å²) in [7, 11) is -5.39. The normalized spacial score (nSPS) is 14.4. The van der Waals surface area contributed by atoms with Gasteiger partial charge in [0, 0.05) is 0 Å². The minimum absolute atomic E-state index is 0.268. The van der Waals surface area contributed by atoms with Crippen molar-refractivity contribution in [3.8, 4) is 5.75 Å². The van der Waals surface area contributed by atoms with Crippen LogP contribution in [0.15, 0.2) is 30.3 Å². The van der Waals surface area contributed by atoms with Gasteiger partial charge in [0.1, 0.15) is 5.75 Å². The molecule has 1 unspecified atom stereocenters. The van der Waals surface area contributed by atoms with Crippen LogP contribution in [0.4, 0.5) is 13.2 Å². The van der Waals surface area contributed by atoms with Crippen molar-refractivity contribution in [3.05, 3.63) is 30.3 Å². The van der Waals surface area contributed by atoms with E-state index in [4.69, 9.17) is 4.74 Å². The van der Waals surface area contributed by atoms with Crippen LogP contribution in [0, 0.1) is 0 Å². The second-order valence-corrected chi connectivity index (χ2v) is 4.85. The predicted octanol–water partition coefficient (Wildman–Crippen LogP) is 1.85. The molecular weight excluding hydrogens is 259 g/mol. The molecule has 1 rings (SSSR count). The molecule has 0 heterocycles. The number of hydrogen-bond donors (Lipinski definition) is 1. The fraction of sp³-hybridized carbons (Fsp3) is 0.333. The highest BCUT2D eigenvalue weighted by molar-refractivity contribution is 7.90. The molecule has 0 saturated carbocycles. The van der Waals surface area contributed by atoms with Crippen LogP contribution in [-0.4, -0.2) is 20.2 Å². The summed E-state index contributed by atoms with van der Waals surface area (Å²) in [6.07, 6.45) is -1.32. The molecule has 0 aliphatic heterocycles. The van der Waals surface area contributed by atoms with Crippen LogP contribution >= 0.6 is 0 Å². The van der Waals surface area contributed by atoms with E-state index in [1.807, 2.05) is 0 Å². The number of halogens is 3. The maximum Gasteiger partial charge on any atom is 0.511 e. The van der Waals surface area contributed by atoms with Crippen LogP contribution in [0.5, 0.6) is 5.75 Å². The van der Waals surface area contributed by atoms with Gasteiger partial charge in [0.15, 0.2) is 6.23 Å². The molecule has 96 valence electrons. The second-order valence-electron chi connectivity index (χ2n) is 3.14. The van der Waals surface area contributed by atoms with Gasteiger partial charge in [-0.3, -0.25) is 0 Å². The van der Waals surface area contributed by atoms with E-state index in [-0.39, 0.29) is 5.75 Å². The molecule has 17 heavy (non-hydrogen) atoms. The van der Waals surface area contributed by atoms with Gasteiger partial charge in [-0.2, -0.15) is 17.9 Å². The van der Waals surface area contributed by atoms with E-state index in [9.17, 15) is 21.6 Å². The van der Waals surface area contributed by atoms with Gasteiger partial charge in [-0.25, -0.2) is 8.42 Å². The van der Waals surface area contributed by atoms with Crippen LogP contribution in [-0.2, 0) is 10.0 Å². The number of benzene rings is 1. The lowest BCUT2D eigenvalue weighted by Crippen LogP contribution is -2.43. The Hall–Kier alpha value is -1.28. The minimum atomic E-state index is -5.39. The van der Waals surface area contributed by atoms with Crippen molar-refractivity contribution >= 4 is 10.0 Å². The van der Waals surface area contributed by atoms with Gasteiger partial charge in [-0.1, -0.05) is 18.2 Å². The maximum atomic E-state index is 12.0. The third-order valence-corrected chi connectivity index (χ3v) is 2.93. The molecule has 0 aromatic heterocycles. The summed E-state index contributed by atoms with van der Waals surface area (Å²) in [4.78, 5) is 0. The molecule has 0 bridgehead atoms. The van der Waals surface area contributed by atoms with Gasteiger partial charge >= 0.3 is 15.5 Å². The van der Waals surface area contributed by atoms with Gasteiger partial charge in [-0.05, 0) is 19.1 Å². The fourth-order valence-electron chi connectivity index (χ4n) is 1.01. The average molecular weight is 269 g/mol. The molecule has 0 aliphatic carbocycles. The SMILES string of the molecule is CC(NS(=O)(=O)C(F)(F)F)Oc1ccccc1. The third kappa shape index (κ3) is 3.90. The lowest BCUT2D eigenvalue weighted by Gasteiger charge is -2.17. The van der Waals surface area contributed by atoms with Crippen molar-refractivity contribution < 1.29 is 26.3 Å². The first-order valence-electron chi connectivity index (χ1n) is 4.53. The zero-order chi connectivity index (χ0) is 13.1. The lowest BCUT2D eigenvalue weighted by molar-refractivity contribution is -0.0460. The summed E-state index contributed by atoms with van der Waals surface area (Å²) < 4.78 is 63.9. The lowest BCUT2D eigenvalue weighted by atomic mass is 10.3. The maximum absolute atomic E-state index is 12.0. The predicted molar refractivity (Wildman–Crippen MR) is 54.6 cm³/mol. The molecule has 0 fully saturated rings. The molecule has 1 aromatic rings. The highest BCUT2D eigenvalue weighted by Crippen LogP contribution is 2.22. The average Bonchev–Trinajstić information content (AvgIpc) is 2.16. The molecule has 1 atom stereocenters. The number of ether oxygens (including phenoxy) is 1. The molecule has 0 saturated heterocycles. The first kappa shape index (κ1) is 13.8. The zero-order valence-electron chi connectivity index (χ0n) is 8.73. The minimum Gasteiger partial charge on any atom is -0.475 e. The summed E-state index contributed by atoms with van der Waals surface area (Å²) in [6.45, 7) is 1.16.